The fourth-order valence-electron chi connectivity index (χ4n) is 2.95. The van der Waals surface area contributed by atoms with Crippen molar-refractivity contribution >= 4 is 34.1 Å². The topological polar surface area (TPSA) is 77.8 Å². The van der Waals surface area contributed by atoms with E-state index in [2.05, 4.69) is 28.6 Å². The molecule has 0 fully saturated rings. The maximum absolute atomic E-state index is 14.1. The van der Waals surface area contributed by atoms with Crippen molar-refractivity contribution in [1.82, 2.24) is 10.3 Å². The fraction of sp³-hybridized carbons (Fsp3) is 0.227. The number of benzene rings is 2. The Morgan fingerprint density at radius 2 is 2.00 bits per heavy atom. The minimum absolute atomic E-state index is 0.105. The van der Waals surface area contributed by atoms with Crippen molar-refractivity contribution in [3.63, 3.8) is 0 Å². The number of pyridine rings is 1. The van der Waals surface area contributed by atoms with Crippen LogP contribution in [-0.2, 0) is 6.54 Å². The molecule has 0 atom stereocenters. The van der Waals surface area contributed by atoms with E-state index in [1.165, 1.54) is 18.3 Å². The first-order valence-electron chi connectivity index (χ1n) is 9.33. The Kier molecular flexibility index (Phi) is 6.63. The summed E-state index contributed by atoms with van der Waals surface area (Å²) in [6, 6.07) is 11.9. The van der Waals surface area contributed by atoms with Crippen molar-refractivity contribution in [2.75, 3.05) is 11.9 Å². The van der Waals surface area contributed by atoms with Gasteiger partial charge in [-0.05, 0) is 36.2 Å². The number of fused-ring (bicyclic) bond motifs is 1. The molecule has 29 heavy (non-hydrogen) atoms. The molecule has 0 aliphatic rings. The van der Waals surface area contributed by atoms with E-state index in [4.69, 9.17) is 11.6 Å². The number of halogens is 2. The molecule has 7 heteroatoms. The number of nitrogens with one attached hydrogen (secondary N) is 2. The summed E-state index contributed by atoms with van der Waals surface area (Å²) < 4.78 is 14.1. The Morgan fingerprint density at radius 3 is 2.69 bits per heavy atom. The molecule has 148 valence electrons. The number of hydrogen-bond acceptors (Lipinski definition) is 4. The molecular weight excluding hydrogens is 391 g/mol. The first kappa shape index (κ1) is 20.6. The summed E-state index contributed by atoms with van der Waals surface area (Å²) in [4.78, 5) is 16.1. The number of anilines is 1. The number of rotatable bonds is 7. The molecule has 0 unspecified atom stereocenters. The molecule has 0 saturated carbocycles. The zero-order valence-electron chi connectivity index (χ0n) is 15.9. The van der Waals surface area contributed by atoms with Crippen molar-refractivity contribution < 1.29 is 9.18 Å². The fourth-order valence-corrected chi connectivity index (χ4v) is 3.19. The number of unbranched alkanes of at least 4 members (excludes halogenated alkanes) is 1. The lowest BCUT2D eigenvalue weighted by Gasteiger charge is -2.13. The molecule has 5 nitrogen and oxygen atoms in total. The third-order valence-electron chi connectivity index (χ3n) is 4.54. The standard InChI is InChI=1S/C22H20ClFN4O/c1-2-3-10-26-22(29)15-6-4-14(5-7-15)12-27-20-16(11-25)13-28-21-18(24)9-8-17(23)19(20)21/h4-9,13H,2-3,10,12H2,1H3,(H,26,29)(H,27,28). The number of nitriles is 1. The SMILES string of the molecule is CCCCNC(=O)c1ccc(CNc2c(C#N)cnc3c(F)ccc(Cl)c23)cc1. The number of amides is 1. The van der Waals surface area contributed by atoms with Gasteiger partial charge in [0, 0.05) is 30.2 Å². The lowest BCUT2D eigenvalue weighted by molar-refractivity contribution is 0.0953. The van der Waals surface area contributed by atoms with Crippen molar-refractivity contribution in [3.05, 3.63) is 70.1 Å². The van der Waals surface area contributed by atoms with Gasteiger partial charge in [0.2, 0.25) is 0 Å². The average molecular weight is 411 g/mol. The summed E-state index contributed by atoms with van der Waals surface area (Å²) in [5.41, 5.74) is 2.30. The average Bonchev–Trinajstić information content (AvgIpc) is 2.74. The lowest BCUT2D eigenvalue weighted by atomic mass is 10.1. The van der Waals surface area contributed by atoms with Crippen molar-refractivity contribution in [2.45, 2.75) is 26.3 Å². The third kappa shape index (κ3) is 4.64. The van der Waals surface area contributed by atoms with Gasteiger partial charge in [0.05, 0.1) is 16.3 Å². The van der Waals surface area contributed by atoms with Crippen LogP contribution < -0.4 is 10.6 Å². The van der Waals surface area contributed by atoms with Gasteiger partial charge in [-0.1, -0.05) is 37.1 Å². The van der Waals surface area contributed by atoms with Gasteiger partial charge in [-0.15, -0.1) is 0 Å². The summed E-state index contributed by atoms with van der Waals surface area (Å²) in [7, 11) is 0. The minimum atomic E-state index is -0.504. The maximum atomic E-state index is 14.1. The van der Waals surface area contributed by atoms with Crippen LogP contribution in [-0.4, -0.2) is 17.4 Å². The van der Waals surface area contributed by atoms with Gasteiger partial charge in [-0.3, -0.25) is 9.78 Å². The molecule has 1 amide bonds. The summed E-state index contributed by atoms with van der Waals surface area (Å²) in [6.45, 7) is 3.10. The summed E-state index contributed by atoms with van der Waals surface area (Å²) in [6.07, 6.45) is 3.29. The number of carbonyl (C=O) groups excluding carboxylic acids is 1. The predicted octanol–water partition coefficient (Wildman–Crippen LogP) is 5.04. The van der Waals surface area contributed by atoms with E-state index in [-0.39, 0.29) is 17.0 Å². The Bertz CT molecular complexity index is 1080. The largest absolute Gasteiger partial charge is 0.379 e. The van der Waals surface area contributed by atoms with Gasteiger partial charge >= 0.3 is 0 Å². The molecular formula is C22H20ClFN4O. The van der Waals surface area contributed by atoms with Crippen LogP contribution in [0.25, 0.3) is 10.9 Å². The van der Waals surface area contributed by atoms with Crippen LogP contribution in [0.2, 0.25) is 5.02 Å². The van der Waals surface area contributed by atoms with E-state index in [0.717, 1.165) is 18.4 Å². The van der Waals surface area contributed by atoms with Crippen LogP contribution in [0.15, 0.2) is 42.6 Å². The van der Waals surface area contributed by atoms with Crippen LogP contribution in [0.1, 0.15) is 41.3 Å². The highest BCUT2D eigenvalue weighted by Crippen LogP contribution is 2.33. The number of aromatic nitrogens is 1. The third-order valence-corrected chi connectivity index (χ3v) is 4.86. The molecule has 3 aromatic rings. The molecule has 0 aliphatic carbocycles. The first-order chi connectivity index (χ1) is 14.0. The summed E-state index contributed by atoms with van der Waals surface area (Å²) >= 11 is 6.25. The second-order valence-electron chi connectivity index (χ2n) is 6.57. The van der Waals surface area contributed by atoms with Gasteiger partial charge < -0.3 is 10.6 Å². The Labute approximate surface area is 173 Å². The van der Waals surface area contributed by atoms with Crippen molar-refractivity contribution in [1.29, 1.82) is 5.26 Å². The number of hydrogen-bond donors (Lipinski definition) is 2. The van der Waals surface area contributed by atoms with Gasteiger partial charge in [0.25, 0.3) is 5.91 Å². The molecule has 0 aliphatic heterocycles. The molecule has 2 N–H and O–H groups in total. The Morgan fingerprint density at radius 1 is 1.24 bits per heavy atom. The molecule has 2 aromatic carbocycles. The Balaban J connectivity index is 1.80. The predicted molar refractivity (Wildman–Crippen MR) is 112 cm³/mol. The van der Waals surface area contributed by atoms with Gasteiger partial charge in [-0.2, -0.15) is 5.26 Å². The van der Waals surface area contributed by atoms with Gasteiger partial charge in [0.1, 0.15) is 17.4 Å². The van der Waals surface area contributed by atoms with Gasteiger partial charge in [-0.25, -0.2) is 4.39 Å². The van der Waals surface area contributed by atoms with Crippen LogP contribution in [0, 0.1) is 17.1 Å². The van der Waals surface area contributed by atoms with Crippen LogP contribution in [0.5, 0.6) is 0 Å². The van der Waals surface area contributed by atoms with E-state index in [0.29, 0.717) is 34.7 Å². The number of nitrogens with zero attached hydrogens (tertiary/aromatic N) is 2. The second kappa shape index (κ2) is 9.35. The van der Waals surface area contributed by atoms with Crippen molar-refractivity contribution in [3.8, 4) is 6.07 Å². The summed E-state index contributed by atoms with van der Waals surface area (Å²) in [5, 5.41) is 16.1. The molecule has 0 saturated heterocycles. The van der Waals surface area contributed by atoms with E-state index >= 15 is 0 Å². The van der Waals surface area contributed by atoms with E-state index < -0.39 is 5.82 Å². The van der Waals surface area contributed by atoms with Crippen LogP contribution >= 0.6 is 11.6 Å². The highest BCUT2D eigenvalue weighted by molar-refractivity contribution is 6.36. The maximum Gasteiger partial charge on any atom is 0.251 e. The monoisotopic (exact) mass is 410 g/mol. The lowest BCUT2D eigenvalue weighted by Crippen LogP contribution is -2.24. The Hall–Kier alpha value is -3.17. The molecule has 0 bridgehead atoms. The van der Waals surface area contributed by atoms with Gasteiger partial charge in [0.15, 0.2) is 0 Å². The van der Waals surface area contributed by atoms with Crippen LogP contribution in [0.3, 0.4) is 0 Å². The highest BCUT2D eigenvalue weighted by atomic mass is 35.5. The minimum Gasteiger partial charge on any atom is -0.379 e. The molecule has 1 heterocycles. The first-order valence-corrected chi connectivity index (χ1v) is 9.70. The smallest absolute Gasteiger partial charge is 0.251 e. The van der Waals surface area contributed by atoms with E-state index in [1.54, 1.807) is 12.1 Å². The number of carbonyl (C=O) groups is 1. The highest BCUT2D eigenvalue weighted by Gasteiger charge is 2.15. The zero-order chi connectivity index (χ0) is 20.8. The van der Waals surface area contributed by atoms with E-state index in [1.807, 2.05) is 12.1 Å². The summed E-state index contributed by atoms with van der Waals surface area (Å²) in [5.74, 6) is -0.609. The van der Waals surface area contributed by atoms with E-state index in [9.17, 15) is 14.4 Å². The zero-order valence-corrected chi connectivity index (χ0v) is 16.7. The van der Waals surface area contributed by atoms with Crippen LogP contribution in [0.4, 0.5) is 10.1 Å². The molecule has 1 aromatic heterocycles. The molecule has 3 rings (SSSR count). The quantitative estimate of drug-likeness (QED) is 0.535. The molecule has 0 spiro atoms. The van der Waals surface area contributed by atoms with Crippen molar-refractivity contribution in [2.24, 2.45) is 0 Å². The normalized spacial score (nSPS) is 10.6. The molecule has 0 radical (unpaired) electrons. The second-order valence-corrected chi connectivity index (χ2v) is 6.98.